The first-order valence-corrected chi connectivity index (χ1v) is 8.46. The van der Waals surface area contributed by atoms with Crippen molar-refractivity contribution in [1.82, 2.24) is 9.96 Å². The molecule has 1 aliphatic rings. The molecule has 6 heteroatoms. The van der Waals surface area contributed by atoms with Crippen molar-refractivity contribution in [2.24, 2.45) is 0 Å². The van der Waals surface area contributed by atoms with Gasteiger partial charge in [-0.05, 0) is 31.2 Å². The molecule has 0 fully saturated rings. The molecule has 134 valence electrons. The third-order valence-corrected chi connectivity index (χ3v) is 4.40. The van der Waals surface area contributed by atoms with Crippen LogP contribution in [0.2, 0.25) is 0 Å². The molecular formula is C20H20N2O4. The first kappa shape index (κ1) is 17.8. The van der Waals surface area contributed by atoms with E-state index in [0.717, 1.165) is 5.56 Å². The monoisotopic (exact) mass is 352 g/mol. The van der Waals surface area contributed by atoms with Crippen molar-refractivity contribution < 1.29 is 19.2 Å². The van der Waals surface area contributed by atoms with Crippen LogP contribution in [-0.4, -0.2) is 40.8 Å². The predicted octanol–water partition coefficient (Wildman–Crippen LogP) is 2.65. The second-order valence-electron chi connectivity index (χ2n) is 6.19. The molecule has 1 heterocycles. The second-order valence-corrected chi connectivity index (χ2v) is 6.19. The molecule has 3 rings (SSSR count). The topological polar surface area (TPSA) is 66.9 Å². The van der Waals surface area contributed by atoms with Crippen LogP contribution >= 0.6 is 0 Å². The summed E-state index contributed by atoms with van der Waals surface area (Å²) >= 11 is 0. The van der Waals surface area contributed by atoms with Gasteiger partial charge in [0.05, 0.1) is 11.1 Å². The number of nitrogens with zero attached hydrogens (tertiary/aromatic N) is 2. The quantitative estimate of drug-likeness (QED) is 0.748. The van der Waals surface area contributed by atoms with Crippen LogP contribution in [0, 0.1) is 0 Å². The highest BCUT2D eigenvalue weighted by atomic mass is 16.7. The van der Waals surface area contributed by atoms with Gasteiger partial charge < -0.3 is 4.84 Å². The van der Waals surface area contributed by atoms with Gasteiger partial charge in [-0.15, -0.1) is 0 Å². The minimum atomic E-state index is -0.625. The summed E-state index contributed by atoms with van der Waals surface area (Å²) in [6.45, 7) is 2.41. The number of imide groups is 1. The van der Waals surface area contributed by atoms with Crippen molar-refractivity contribution in [3.8, 4) is 0 Å². The van der Waals surface area contributed by atoms with Crippen LogP contribution in [0.5, 0.6) is 0 Å². The number of rotatable bonds is 6. The van der Waals surface area contributed by atoms with Crippen molar-refractivity contribution in [3.05, 3.63) is 71.3 Å². The van der Waals surface area contributed by atoms with E-state index >= 15 is 0 Å². The van der Waals surface area contributed by atoms with Crippen LogP contribution in [0.15, 0.2) is 54.6 Å². The highest BCUT2D eigenvalue weighted by molar-refractivity contribution is 6.20. The Labute approximate surface area is 151 Å². The van der Waals surface area contributed by atoms with E-state index in [-0.39, 0.29) is 11.1 Å². The first-order chi connectivity index (χ1) is 12.5. The van der Waals surface area contributed by atoms with Gasteiger partial charge in [-0.2, -0.15) is 0 Å². The average molecular weight is 352 g/mol. The smallest absolute Gasteiger partial charge is 0.328 e. The Morgan fingerprint density at radius 1 is 1.00 bits per heavy atom. The first-order valence-electron chi connectivity index (χ1n) is 8.46. The SMILES string of the molecule is CCC(C(=O)ON1C(=O)c2ccccc2C1=O)N(C)Cc1ccccc1. The predicted molar refractivity (Wildman–Crippen MR) is 95.0 cm³/mol. The van der Waals surface area contributed by atoms with Gasteiger partial charge in [-0.25, -0.2) is 4.79 Å². The lowest BCUT2D eigenvalue weighted by Crippen LogP contribution is -2.43. The third-order valence-electron chi connectivity index (χ3n) is 4.40. The van der Waals surface area contributed by atoms with Crippen LogP contribution < -0.4 is 0 Å². The normalized spacial score (nSPS) is 14.5. The number of fused-ring (bicyclic) bond motifs is 1. The highest BCUT2D eigenvalue weighted by Crippen LogP contribution is 2.23. The van der Waals surface area contributed by atoms with Crippen molar-refractivity contribution in [2.45, 2.75) is 25.9 Å². The molecule has 1 unspecified atom stereocenters. The van der Waals surface area contributed by atoms with E-state index in [4.69, 9.17) is 4.84 Å². The lowest BCUT2D eigenvalue weighted by molar-refractivity contribution is -0.175. The fraction of sp³-hybridized carbons (Fsp3) is 0.250. The Bertz CT molecular complexity index is 800. The van der Waals surface area contributed by atoms with Gasteiger partial charge in [0.15, 0.2) is 0 Å². The Hall–Kier alpha value is -2.99. The molecule has 0 spiro atoms. The van der Waals surface area contributed by atoms with Crippen molar-refractivity contribution >= 4 is 17.8 Å². The number of amides is 2. The van der Waals surface area contributed by atoms with Crippen molar-refractivity contribution in [3.63, 3.8) is 0 Å². The molecule has 6 nitrogen and oxygen atoms in total. The van der Waals surface area contributed by atoms with Crippen LogP contribution in [0.3, 0.4) is 0 Å². The molecule has 0 aromatic heterocycles. The summed E-state index contributed by atoms with van der Waals surface area (Å²) in [5.41, 5.74) is 1.55. The summed E-state index contributed by atoms with van der Waals surface area (Å²) in [4.78, 5) is 44.3. The molecule has 0 radical (unpaired) electrons. The average Bonchev–Trinajstić information content (AvgIpc) is 2.88. The van der Waals surface area contributed by atoms with Gasteiger partial charge >= 0.3 is 5.97 Å². The Balaban J connectivity index is 1.70. The van der Waals surface area contributed by atoms with E-state index in [1.165, 1.54) is 0 Å². The summed E-state index contributed by atoms with van der Waals surface area (Å²) in [6, 6.07) is 15.6. The highest BCUT2D eigenvalue weighted by Gasteiger charge is 2.40. The molecule has 2 aromatic rings. The minimum absolute atomic E-state index is 0.246. The Morgan fingerprint density at radius 2 is 1.54 bits per heavy atom. The molecule has 0 saturated carbocycles. The fourth-order valence-electron chi connectivity index (χ4n) is 3.04. The lowest BCUT2D eigenvalue weighted by Gasteiger charge is -2.26. The number of carbonyl (C=O) groups excluding carboxylic acids is 3. The number of carbonyl (C=O) groups is 3. The second kappa shape index (κ2) is 7.49. The number of hydrogen-bond acceptors (Lipinski definition) is 5. The minimum Gasteiger partial charge on any atom is -0.328 e. The van der Waals surface area contributed by atoms with Crippen LogP contribution in [0.1, 0.15) is 39.6 Å². The number of benzene rings is 2. The van der Waals surface area contributed by atoms with E-state index in [1.54, 1.807) is 24.3 Å². The molecule has 0 N–H and O–H groups in total. The lowest BCUT2D eigenvalue weighted by atomic mass is 10.1. The Morgan fingerprint density at radius 3 is 2.08 bits per heavy atom. The summed E-state index contributed by atoms with van der Waals surface area (Å²) in [6.07, 6.45) is 0.491. The molecule has 1 atom stereocenters. The number of likely N-dealkylation sites (N-methyl/N-ethyl adjacent to an activating group) is 1. The molecule has 2 aromatic carbocycles. The number of hydroxylamine groups is 2. The zero-order valence-electron chi connectivity index (χ0n) is 14.7. The van der Waals surface area contributed by atoms with Crippen molar-refractivity contribution in [1.29, 1.82) is 0 Å². The Kier molecular flexibility index (Phi) is 5.14. The van der Waals surface area contributed by atoms with Crippen LogP contribution in [0.4, 0.5) is 0 Å². The van der Waals surface area contributed by atoms with Gasteiger partial charge in [0.25, 0.3) is 11.8 Å². The zero-order valence-corrected chi connectivity index (χ0v) is 14.7. The fourth-order valence-corrected chi connectivity index (χ4v) is 3.04. The maximum atomic E-state index is 12.6. The van der Waals surface area contributed by atoms with E-state index in [2.05, 4.69) is 0 Å². The number of hydrogen-bond donors (Lipinski definition) is 0. The van der Waals surface area contributed by atoms with E-state index in [1.807, 2.05) is 49.2 Å². The van der Waals surface area contributed by atoms with Crippen molar-refractivity contribution in [2.75, 3.05) is 7.05 Å². The summed E-state index contributed by atoms with van der Waals surface area (Å²) in [5, 5.41) is 0.562. The summed E-state index contributed by atoms with van der Waals surface area (Å²) < 4.78 is 0. The molecule has 1 aliphatic heterocycles. The zero-order chi connectivity index (χ0) is 18.7. The van der Waals surface area contributed by atoms with Gasteiger partial charge in [0.2, 0.25) is 0 Å². The van der Waals surface area contributed by atoms with Gasteiger partial charge in [0, 0.05) is 6.54 Å². The summed E-state index contributed by atoms with van der Waals surface area (Å²) in [5.74, 6) is -1.85. The largest absolute Gasteiger partial charge is 0.350 e. The van der Waals surface area contributed by atoms with Gasteiger partial charge in [-0.1, -0.05) is 54.5 Å². The summed E-state index contributed by atoms with van der Waals surface area (Å²) in [7, 11) is 1.81. The molecule has 2 amide bonds. The molecule has 0 aliphatic carbocycles. The maximum absolute atomic E-state index is 12.6. The molecule has 0 saturated heterocycles. The standard InChI is InChI=1S/C20H20N2O4/c1-3-17(21(2)13-14-9-5-4-6-10-14)20(25)26-22-18(23)15-11-7-8-12-16(15)19(22)24/h4-12,17H,3,13H2,1-2H3. The van der Waals surface area contributed by atoms with Crippen LogP contribution in [0.25, 0.3) is 0 Å². The molecular weight excluding hydrogens is 332 g/mol. The van der Waals surface area contributed by atoms with E-state index in [9.17, 15) is 14.4 Å². The maximum Gasteiger partial charge on any atom is 0.350 e. The molecule has 0 bridgehead atoms. The van der Waals surface area contributed by atoms with Crippen LogP contribution in [-0.2, 0) is 16.2 Å². The third kappa shape index (κ3) is 3.36. The van der Waals surface area contributed by atoms with Gasteiger partial charge in [0.1, 0.15) is 6.04 Å². The molecule has 26 heavy (non-hydrogen) atoms. The van der Waals surface area contributed by atoms with Gasteiger partial charge in [-0.3, -0.25) is 14.5 Å². The van der Waals surface area contributed by atoms with E-state index in [0.29, 0.717) is 18.0 Å². The van der Waals surface area contributed by atoms with E-state index < -0.39 is 23.8 Å².